The largest absolute Gasteiger partial charge is 0.492 e. The number of halogens is 1. The molecule has 0 aromatic heterocycles. The molecule has 2 aromatic rings. The van der Waals surface area contributed by atoms with Gasteiger partial charge < -0.3 is 10.1 Å². The molecule has 0 saturated carbocycles. The Hall–Kier alpha value is -2.53. The minimum Gasteiger partial charge on any atom is -0.492 e. The molecule has 3 rings (SSSR count). The van der Waals surface area contributed by atoms with Crippen LogP contribution >= 0.6 is 11.6 Å². The van der Waals surface area contributed by atoms with E-state index in [9.17, 15) is 9.59 Å². The topological polar surface area (TPSA) is 58.6 Å². The first-order valence-electron chi connectivity index (χ1n) is 7.59. The van der Waals surface area contributed by atoms with E-state index in [1.54, 1.807) is 31.2 Å². The molecule has 124 valence electrons. The van der Waals surface area contributed by atoms with Gasteiger partial charge in [0.1, 0.15) is 17.9 Å². The van der Waals surface area contributed by atoms with Crippen LogP contribution in [-0.2, 0) is 10.3 Å². The monoisotopic (exact) mass is 344 g/mol. The first-order chi connectivity index (χ1) is 11.5. The number of hydrogen-bond donors (Lipinski definition) is 1. The fourth-order valence-corrected chi connectivity index (χ4v) is 2.86. The van der Waals surface area contributed by atoms with Gasteiger partial charge in [0.15, 0.2) is 0 Å². The summed E-state index contributed by atoms with van der Waals surface area (Å²) in [6.45, 7) is 2.07. The maximum Gasteiger partial charge on any atom is 0.325 e. The fraction of sp³-hybridized carbons (Fsp3) is 0.222. The Morgan fingerprint density at radius 3 is 2.58 bits per heavy atom. The third-order valence-corrected chi connectivity index (χ3v) is 4.24. The second-order valence-corrected chi connectivity index (χ2v) is 6.12. The molecule has 24 heavy (non-hydrogen) atoms. The van der Waals surface area contributed by atoms with Crippen molar-refractivity contribution in [2.75, 3.05) is 13.2 Å². The van der Waals surface area contributed by atoms with Gasteiger partial charge in [0, 0.05) is 5.02 Å². The summed E-state index contributed by atoms with van der Waals surface area (Å²) in [5.74, 6) is 0.314. The predicted molar refractivity (Wildman–Crippen MR) is 91.0 cm³/mol. The van der Waals surface area contributed by atoms with E-state index in [0.29, 0.717) is 10.8 Å². The molecular formula is C18H17ClN2O3. The number of hydrogen-bond acceptors (Lipinski definition) is 3. The third-order valence-electron chi connectivity index (χ3n) is 4.01. The normalized spacial score (nSPS) is 20.2. The summed E-state index contributed by atoms with van der Waals surface area (Å²) in [5.41, 5.74) is -0.296. The number of carbonyl (C=O) groups excluding carboxylic acids is 2. The molecule has 2 aromatic carbocycles. The van der Waals surface area contributed by atoms with Crippen LogP contribution in [0.5, 0.6) is 5.75 Å². The van der Waals surface area contributed by atoms with Crippen molar-refractivity contribution in [1.82, 2.24) is 10.2 Å². The van der Waals surface area contributed by atoms with Crippen LogP contribution in [-0.4, -0.2) is 30.0 Å². The van der Waals surface area contributed by atoms with E-state index in [1.165, 1.54) is 4.90 Å². The number of rotatable bonds is 5. The number of amides is 3. The molecule has 1 atom stereocenters. The lowest BCUT2D eigenvalue weighted by molar-refractivity contribution is -0.131. The minimum atomic E-state index is -1.05. The van der Waals surface area contributed by atoms with E-state index >= 15 is 0 Å². The smallest absolute Gasteiger partial charge is 0.325 e. The summed E-state index contributed by atoms with van der Waals surface area (Å²) in [6, 6.07) is 15.7. The average Bonchev–Trinajstić information content (AvgIpc) is 2.80. The molecule has 1 saturated heterocycles. The van der Waals surface area contributed by atoms with Gasteiger partial charge in [-0.1, -0.05) is 48.0 Å². The van der Waals surface area contributed by atoms with Gasteiger partial charge in [0.25, 0.3) is 5.91 Å². The standard InChI is InChI=1S/C18H17ClN2O3/c1-18(13-6-3-2-4-7-13)16(22)21(17(23)20-18)10-11-24-15-9-5-8-14(19)12-15/h2-9,12H,10-11H2,1H3,(H,20,23). The van der Waals surface area contributed by atoms with Crippen molar-refractivity contribution < 1.29 is 14.3 Å². The third kappa shape index (κ3) is 3.08. The van der Waals surface area contributed by atoms with Crippen LogP contribution < -0.4 is 10.1 Å². The van der Waals surface area contributed by atoms with Crippen LogP contribution in [0.15, 0.2) is 54.6 Å². The lowest BCUT2D eigenvalue weighted by Gasteiger charge is -2.22. The Morgan fingerprint density at radius 2 is 1.88 bits per heavy atom. The van der Waals surface area contributed by atoms with Crippen molar-refractivity contribution in [3.05, 3.63) is 65.2 Å². The molecular weight excluding hydrogens is 328 g/mol. The van der Waals surface area contributed by atoms with E-state index in [-0.39, 0.29) is 19.1 Å². The van der Waals surface area contributed by atoms with E-state index in [4.69, 9.17) is 16.3 Å². The Bertz CT molecular complexity index is 766. The van der Waals surface area contributed by atoms with Gasteiger partial charge in [0.2, 0.25) is 0 Å². The number of nitrogens with zero attached hydrogens (tertiary/aromatic N) is 1. The average molecular weight is 345 g/mol. The van der Waals surface area contributed by atoms with Crippen molar-refractivity contribution in [3.8, 4) is 5.75 Å². The highest BCUT2D eigenvalue weighted by Gasteiger charge is 2.48. The minimum absolute atomic E-state index is 0.166. The highest BCUT2D eigenvalue weighted by atomic mass is 35.5. The molecule has 0 spiro atoms. The van der Waals surface area contributed by atoms with Gasteiger partial charge in [-0.15, -0.1) is 0 Å². The van der Waals surface area contributed by atoms with Crippen molar-refractivity contribution in [2.24, 2.45) is 0 Å². The molecule has 1 unspecified atom stereocenters. The van der Waals surface area contributed by atoms with Crippen molar-refractivity contribution in [2.45, 2.75) is 12.5 Å². The van der Waals surface area contributed by atoms with Crippen molar-refractivity contribution in [1.29, 1.82) is 0 Å². The van der Waals surface area contributed by atoms with Gasteiger partial charge in [-0.05, 0) is 30.7 Å². The molecule has 1 aliphatic heterocycles. The van der Waals surface area contributed by atoms with Gasteiger partial charge in [0.05, 0.1) is 6.54 Å². The molecule has 1 aliphatic rings. The molecule has 1 fully saturated rings. The van der Waals surface area contributed by atoms with E-state index in [1.807, 2.05) is 30.3 Å². The maximum absolute atomic E-state index is 12.7. The van der Waals surface area contributed by atoms with Crippen LogP contribution in [0.4, 0.5) is 4.79 Å². The summed E-state index contributed by atoms with van der Waals surface area (Å²) in [5, 5.41) is 3.33. The Balaban J connectivity index is 1.67. The second-order valence-electron chi connectivity index (χ2n) is 5.68. The Labute approximate surface area is 145 Å². The summed E-state index contributed by atoms with van der Waals surface area (Å²) in [6.07, 6.45) is 0. The molecule has 1 N–H and O–H groups in total. The molecule has 3 amide bonds. The molecule has 5 nitrogen and oxygen atoms in total. The van der Waals surface area contributed by atoms with Gasteiger partial charge in [-0.3, -0.25) is 9.69 Å². The van der Waals surface area contributed by atoms with Crippen LogP contribution in [0.1, 0.15) is 12.5 Å². The summed E-state index contributed by atoms with van der Waals surface area (Å²) >= 11 is 5.89. The highest BCUT2D eigenvalue weighted by Crippen LogP contribution is 2.28. The first kappa shape index (κ1) is 16.3. The van der Waals surface area contributed by atoms with E-state index in [0.717, 1.165) is 5.56 Å². The molecule has 1 heterocycles. The zero-order valence-corrected chi connectivity index (χ0v) is 13.9. The van der Waals surface area contributed by atoms with Crippen LogP contribution in [0.25, 0.3) is 0 Å². The van der Waals surface area contributed by atoms with E-state index < -0.39 is 11.6 Å². The summed E-state index contributed by atoms with van der Waals surface area (Å²) in [4.78, 5) is 26.1. The Morgan fingerprint density at radius 1 is 1.12 bits per heavy atom. The number of imide groups is 1. The number of benzene rings is 2. The van der Waals surface area contributed by atoms with Gasteiger partial charge in [-0.2, -0.15) is 0 Å². The lowest BCUT2D eigenvalue weighted by atomic mass is 9.92. The predicted octanol–water partition coefficient (Wildman–Crippen LogP) is 3.19. The zero-order valence-electron chi connectivity index (χ0n) is 13.2. The van der Waals surface area contributed by atoms with Gasteiger partial charge >= 0.3 is 6.03 Å². The maximum atomic E-state index is 12.7. The lowest BCUT2D eigenvalue weighted by Crippen LogP contribution is -2.41. The zero-order chi connectivity index (χ0) is 17.2. The molecule has 0 bridgehead atoms. The highest BCUT2D eigenvalue weighted by molar-refractivity contribution is 6.30. The van der Waals surface area contributed by atoms with Crippen LogP contribution in [0, 0.1) is 0 Å². The number of urea groups is 1. The summed E-state index contributed by atoms with van der Waals surface area (Å²) in [7, 11) is 0. The molecule has 0 radical (unpaired) electrons. The number of carbonyl (C=O) groups is 2. The number of ether oxygens (including phenoxy) is 1. The fourth-order valence-electron chi connectivity index (χ4n) is 2.68. The second kappa shape index (κ2) is 6.53. The molecule has 6 heteroatoms. The van der Waals surface area contributed by atoms with Crippen molar-refractivity contribution in [3.63, 3.8) is 0 Å². The van der Waals surface area contributed by atoms with Crippen LogP contribution in [0.2, 0.25) is 5.02 Å². The van der Waals surface area contributed by atoms with Crippen molar-refractivity contribution >= 4 is 23.5 Å². The van der Waals surface area contributed by atoms with Gasteiger partial charge in [-0.25, -0.2) is 4.79 Å². The SMILES string of the molecule is CC1(c2ccccc2)NC(=O)N(CCOc2cccc(Cl)c2)C1=O. The summed E-state index contributed by atoms with van der Waals surface area (Å²) < 4.78 is 5.56. The van der Waals surface area contributed by atoms with E-state index in [2.05, 4.69) is 5.32 Å². The molecule has 0 aliphatic carbocycles. The number of nitrogens with one attached hydrogen (secondary N) is 1. The Kier molecular flexibility index (Phi) is 4.44. The first-order valence-corrected chi connectivity index (χ1v) is 7.96. The van der Waals surface area contributed by atoms with Crippen LogP contribution in [0.3, 0.4) is 0 Å². The quantitative estimate of drug-likeness (QED) is 0.847.